The number of aromatic nitrogens is 2. The largest absolute Gasteiger partial charge is 0.487 e. The van der Waals surface area contributed by atoms with Crippen molar-refractivity contribution in [3.63, 3.8) is 0 Å². The van der Waals surface area contributed by atoms with E-state index in [-0.39, 0.29) is 0 Å². The summed E-state index contributed by atoms with van der Waals surface area (Å²) in [4.78, 5) is 0. The van der Waals surface area contributed by atoms with Crippen molar-refractivity contribution in [2.45, 2.75) is 43.7 Å². The number of ether oxygens (including phenoxy) is 1. The predicted octanol–water partition coefficient (Wildman–Crippen LogP) is 5.23. The number of hydrogen-bond donors (Lipinski definition) is 0. The first-order valence-electron chi connectivity index (χ1n) is 7.27. The standard InChI is InChI=1S/C16H18Br2N2O/c17-10-12-9-15(5-6-16(12)18)21-11-13-7-8-20(19-13)14-3-1-2-4-14/h5-9,14H,1-4,10-11H2. The van der Waals surface area contributed by atoms with Gasteiger partial charge < -0.3 is 4.74 Å². The van der Waals surface area contributed by atoms with Gasteiger partial charge in [0, 0.05) is 16.0 Å². The summed E-state index contributed by atoms with van der Waals surface area (Å²) >= 11 is 7.00. The lowest BCUT2D eigenvalue weighted by Gasteiger charge is -2.09. The van der Waals surface area contributed by atoms with E-state index in [1.165, 1.54) is 31.2 Å². The van der Waals surface area contributed by atoms with Crippen LogP contribution in [0, 0.1) is 0 Å². The lowest BCUT2D eigenvalue weighted by atomic mass is 10.2. The Labute approximate surface area is 141 Å². The third-order valence-electron chi connectivity index (χ3n) is 3.91. The van der Waals surface area contributed by atoms with Crippen LogP contribution in [0.1, 0.15) is 43.0 Å². The lowest BCUT2D eigenvalue weighted by Crippen LogP contribution is -2.06. The van der Waals surface area contributed by atoms with Gasteiger partial charge in [0.25, 0.3) is 0 Å². The Hall–Kier alpha value is -0.810. The fourth-order valence-corrected chi connectivity index (χ4v) is 3.95. The number of rotatable bonds is 5. The van der Waals surface area contributed by atoms with E-state index in [1.54, 1.807) is 0 Å². The van der Waals surface area contributed by atoms with Gasteiger partial charge in [0.2, 0.25) is 0 Å². The summed E-state index contributed by atoms with van der Waals surface area (Å²) in [6, 6.07) is 8.69. The van der Waals surface area contributed by atoms with Gasteiger partial charge in [-0.25, -0.2) is 0 Å². The smallest absolute Gasteiger partial charge is 0.132 e. The molecule has 0 atom stereocenters. The second-order valence-corrected chi connectivity index (χ2v) is 6.82. The van der Waals surface area contributed by atoms with Crippen molar-refractivity contribution in [2.75, 3.05) is 0 Å². The van der Waals surface area contributed by atoms with Crippen LogP contribution in [0.4, 0.5) is 0 Å². The van der Waals surface area contributed by atoms with Gasteiger partial charge in [0.05, 0.1) is 11.7 Å². The highest BCUT2D eigenvalue weighted by Crippen LogP contribution is 2.29. The highest BCUT2D eigenvalue weighted by molar-refractivity contribution is 9.10. The van der Waals surface area contributed by atoms with Crippen LogP contribution in [-0.4, -0.2) is 9.78 Å². The minimum atomic E-state index is 0.517. The van der Waals surface area contributed by atoms with Gasteiger partial charge in [-0.1, -0.05) is 44.7 Å². The van der Waals surface area contributed by atoms with E-state index in [1.807, 2.05) is 18.2 Å². The first-order chi connectivity index (χ1) is 10.3. The summed E-state index contributed by atoms with van der Waals surface area (Å²) in [5.41, 5.74) is 2.18. The second-order valence-electron chi connectivity index (χ2n) is 5.40. The van der Waals surface area contributed by atoms with Crippen molar-refractivity contribution in [2.24, 2.45) is 0 Å². The number of halogens is 2. The first kappa shape index (κ1) is 15.1. The fourth-order valence-electron chi connectivity index (χ4n) is 2.73. The zero-order valence-corrected chi connectivity index (χ0v) is 14.9. The third kappa shape index (κ3) is 3.69. The van der Waals surface area contributed by atoms with Crippen molar-refractivity contribution in [3.8, 4) is 5.75 Å². The average Bonchev–Trinajstić information content (AvgIpc) is 3.17. The van der Waals surface area contributed by atoms with Crippen LogP contribution in [-0.2, 0) is 11.9 Å². The molecule has 1 aliphatic rings. The molecule has 0 spiro atoms. The first-order valence-corrected chi connectivity index (χ1v) is 9.19. The molecular formula is C16H18Br2N2O. The summed E-state index contributed by atoms with van der Waals surface area (Å²) in [5, 5.41) is 5.45. The Balaban J connectivity index is 1.62. The molecule has 21 heavy (non-hydrogen) atoms. The summed E-state index contributed by atoms with van der Waals surface area (Å²) in [7, 11) is 0. The molecule has 1 saturated carbocycles. The number of hydrogen-bond acceptors (Lipinski definition) is 2. The molecule has 3 nitrogen and oxygen atoms in total. The molecule has 1 fully saturated rings. The van der Waals surface area contributed by atoms with Crippen molar-refractivity contribution < 1.29 is 4.74 Å². The van der Waals surface area contributed by atoms with E-state index in [0.717, 1.165) is 21.2 Å². The minimum Gasteiger partial charge on any atom is -0.487 e. The summed E-state index contributed by atoms with van der Waals surface area (Å²) in [6.07, 6.45) is 7.24. The molecule has 5 heteroatoms. The molecule has 2 aromatic rings. The molecule has 0 aliphatic heterocycles. The molecule has 3 rings (SSSR count). The number of nitrogens with zero attached hydrogens (tertiary/aromatic N) is 2. The fraction of sp³-hybridized carbons (Fsp3) is 0.438. The molecule has 112 valence electrons. The van der Waals surface area contributed by atoms with Crippen LogP contribution >= 0.6 is 31.9 Å². The van der Waals surface area contributed by atoms with Crippen LogP contribution in [0.2, 0.25) is 0 Å². The van der Waals surface area contributed by atoms with Gasteiger partial charge in [-0.15, -0.1) is 0 Å². The molecule has 1 aromatic heterocycles. The van der Waals surface area contributed by atoms with Crippen molar-refractivity contribution >= 4 is 31.9 Å². The normalized spacial score (nSPS) is 15.5. The number of alkyl halides is 1. The quantitative estimate of drug-likeness (QED) is 0.627. The Morgan fingerprint density at radius 2 is 2.05 bits per heavy atom. The lowest BCUT2D eigenvalue weighted by molar-refractivity contribution is 0.297. The second kappa shape index (κ2) is 6.97. The summed E-state index contributed by atoms with van der Waals surface area (Å²) in [5.74, 6) is 0.878. The molecule has 1 aliphatic carbocycles. The topological polar surface area (TPSA) is 27.1 Å². The molecule has 1 aromatic carbocycles. The maximum atomic E-state index is 5.85. The summed E-state index contributed by atoms with van der Waals surface area (Å²) in [6.45, 7) is 0.517. The highest BCUT2D eigenvalue weighted by Gasteiger charge is 2.17. The highest BCUT2D eigenvalue weighted by atomic mass is 79.9. The predicted molar refractivity (Wildman–Crippen MR) is 90.8 cm³/mol. The molecule has 0 N–H and O–H groups in total. The molecule has 0 unspecified atom stereocenters. The molecule has 0 amide bonds. The van der Waals surface area contributed by atoms with Crippen LogP contribution in [0.3, 0.4) is 0 Å². The van der Waals surface area contributed by atoms with Crippen molar-refractivity contribution in [1.29, 1.82) is 0 Å². The zero-order valence-electron chi connectivity index (χ0n) is 11.8. The molecule has 0 bridgehead atoms. The minimum absolute atomic E-state index is 0.517. The van der Waals surface area contributed by atoms with Crippen LogP contribution in [0.15, 0.2) is 34.9 Å². The molecule has 1 heterocycles. The van der Waals surface area contributed by atoms with E-state index in [0.29, 0.717) is 12.6 Å². The Kier molecular flexibility index (Phi) is 5.01. The van der Waals surface area contributed by atoms with E-state index < -0.39 is 0 Å². The molecule has 0 saturated heterocycles. The Morgan fingerprint density at radius 1 is 1.24 bits per heavy atom. The van der Waals surface area contributed by atoms with Gasteiger partial charge in [0.1, 0.15) is 12.4 Å². The SMILES string of the molecule is BrCc1cc(OCc2ccn(C3CCCC3)n2)ccc1Br. The van der Waals surface area contributed by atoms with Crippen LogP contribution in [0.25, 0.3) is 0 Å². The Morgan fingerprint density at radius 3 is 2.81 bits per heavy atom. The maximum Gasteiger partial charge on any atom is 0.132 e. The third-order valence-corrected chi connectivity index (χ3v) is 5.29. The van der Waals surface area contributed by atoms with E-state index in [2.05, 4.69) is 53.9 Å². The van der Waals surface area contributed by atoms with E-state index >= 15 is 0 Å². The van der Waals surface area contributed by atoms with Crippen LogP contribution < -0.4 is 4.74 Å². The van der Waals surface area contributed by atoms with Gasteiger partial charge in [-0.3, -0.25) is 4.68 Å². The zero-order chi connectivity index (χ0) is 14.7. The molecule has 0 radical (unpaired) electrons. The van der Waals surface area contributed by atoms with Crippen LogP contribution in [0.5, 0.6) is 5.75 Å². The molecular weight excluding hydrogens is 396 g/mol. The average molecular weight is 414 g/mol. The number of benzene rings is 1. The van der Waals surface area contributed by atoms with Gasteiger partial charge in [0.15, 0.2) is 0 Å². The maximum absolute atomic E-state index is 5.85. The van der Waals surface area contributed by atoms with Crippen molar-refractivity contribution in [3.05, 3.63) is 46.2 Å². The van der Waals surface area contributed by atoms with Crippen molar-refractivity contribution in [1.82, 2.24) is 9.78 Å². The summed E-state index contributed by atoms with van der Waals surface area (Å²) < 4.78 is 9.05. The van der Waals surface area contributed by atoms with E-state index in [9.17, 15) is 0 Å². The van der Waals surface area contributed by atoms with Gasteiger partial charge in [-0.05, 0) is 42.7 Å². The van der Waals surface area contributed by atoms with Gasteiger partial charge >= 0.3 is 0 Å². The Bertz CT molecular complexity index is 606. The van der Waals surface area contributed by atoms with Gasteiger partial charge in [-0.2, -0.15) is 5.10 Å². The monoisotopic (exact) mass is 412 g/mol. The van der Waals surface area contributed by atoms with E-state index in [4.69, 9.17) is 4.74 Å².